The number of carbonyl (C=O) groups excluding carboxylic acids is 1. The third-order valence-electron chi connectivity index (χ3n) is 3.90. The SMILES string of the molecule is CC(C)Oc1ccc(S(=O)(=O)NCC(=O)NC2CCCCC2)cc1. The Balaban J connectivity index is 1.87. The molecular formula is C17H26N2O4S. The van der Waals surface area contributed by atoms with Gasteiger partial charge in [-0.15, -0.1) is 0 Å². The van der Waals surface area contributed by atoms with E-state index in [1.165, 1.54) is 18.6 Å². The molecule has 7 heteroatoms. The molecule has 1 fully saturated rings. The van der Waals surface area contributed by atoms with E-state index < -0.39 is 10.0 Å². The molecule has 24 heavy (non-hydrogen) atoms. The fourth-order valence-electron chi connectivity index (χ4n) is 2.74. The van der Waals surface area contributed by atoms with Gasteiger partial charge in [-0.1, -0.05) is 19.3 Å². The second-order valence-electron chi connectivity index (χ2n) is 6.37. The minimum absolute atomic E-state index is 0.0223. The number of rotatable bonds is 7. The number of amides is 1. The van der Waals surface area contributed by atoms with Crippen molar-refractivity contribution in [2.45, 2.75) is 63.0 Å². The van der Waals surface area contributed by atoms with Gasteiger partial charge in [0.1, 0.15) is 5.75 Å². The third kappa shape index (κ3) is 5.79. The topological polar surface area (TPSA) is 84.5 Å². The van der Waals surface area contributed by atoms with Crippen LogP contribution >= 0.6 is 0 Å². The normalized spacial score (nSPS) is 16.1. The molecule has 0 heterocycles. The molecule has 2 rings (SSSR count). The average Bonchev–Trinajstić information content (AvgIpc) is 2.54. The minimum Gasteiger partial charge on any atom is -0.491 e. The van der Waals surface area contributed by atoms with E-state index in [1.54, 1.807) is 12.1 Å². The number of ether oxygens (including phenoxy) is 1. The maximum absolute atomic E-state index is 12.2. The Morgan fingerprint density at radius 2 is 1.79 bits per heavy atom. The van der Waals surface area contributed by atoms with Crippen molar-refractivity contribution in [2.24, 2.45) is 0 Å². The van der Waals surface area contributed by atoms with Crippen molar-refractivity contribution >= 4 is 15.9 Å². The van der Waals surface area contributed by atoms with E-state index in [2.05, 4.69) is 10.0 Å². The summed E-state index contributed by atoms with van der Waals surface area (Å²) in [6.45, 7) is 3.55. The summed E-state index contributed by atoms with van der Waals surface area (Å²) in [5, 5.41) is 2.89. The second kappa shape index (κ2) is 8.48. The summed E-state index contributed by atoms with van der Waals surface area (Å²) in [5.74, 6) is 0.323. The van der Waals surface area contributed by atoms with Gasteiger partial charge in [0.05, 0.1) is 17.5 Å². The van der Waals surface area contributed by atoms with Gasteiger partial charge in [-0.25, -0.2) is 13.1 Å². The van der Waals surface area contributed by atoms with Crippen LogP contribution in [0.3, 0.4) is 0 Å². The summed E-state index contributed by atoms with van der Waals surface area (Å²) in [4.78, 5) is 12.0. The number of nitrogens with one attached hydrogen (secondary N) is 2. The predicted molar refractivity (Wildman–Crippen MR) is 92.4 cm³/mol. The second-order valence-corrected chi connectivity index (χ2v) is 8.13. The van der Waals surface area contributed by atoms with E-state index in [4.69, 9.17) is 4.74 Å². The van der Waals surface area contributed by atoms with E-state index in [0.29, 0.717) is 5.75 Å². The van der Waals surface area contributed by atoms with Crippen LogP contribution in [0.25, 0.3) is 0 Å². The highest BCUT2D eigenvalue weighted by molar-refractivity contribution is 7.89. The first-order valence-electron chi connectivity index (χ1n) is 8.42. The van der Waals surface area contributed by atoms with Crippen LogP contribution in [0.4, 0.5) is 0 Å². The molecule has 1 saturated carbocycles. The van der Waals surface area contributed by atoms with E-state index in [0.717, 1.165) is 25.7 Å². The van der Waals surface area contributed by atoms with Gasteiger partial charge in [0.2, 0.25) is 15.9 Å². The van der Waals surface area contributed by atoms with Gasteiger partial charge in [0, 0.05) is 6.04 Å². The van der Waals surface area contributed by atoms with E-state index in [-0.39, 0.29) is 29.5 Å². The summed E-state index contributed by atoms with van der Waals surface area (Å²) in [6.07, 6.45) is 5.39. The van der Waals surface area contributed by atoms with Crippen molar-refractivity contribution in [1.29, 1.82) is 0 Å². The number of hydrogen-bond donors (Lipinski definition) is 2. The molecule has 1 aliphatic rings. The first-order valence-corrected chi connectivity index (χ1v) is 9.91. The number of carbonyl (C=O) groups is 1. The lowest BCUT2D eigenvalue weighted by Gasteiger charge is -2.22. The number of hydrogen-bond acceptors (Lipinski definition) is 4. The van der Waals surface area contributed by atoms with Crippen LogP contribution < -0.4 is 14.8 Å². The van der Waals surface area contributed by atoms with Gasteiger partial charge in [-0.2, -0.15) is 0 Å². The maximum Gasteiger partial charge on any atom is 0.241 e. The molecule has 0 bridgehead atoms. The van der Waals surface area contributed by atoms with Crippen LogP contribution in [-0.2, 0) is 14.8 Å². The largest absolute Gasteiger partial charge is 0.491 e. The van der Waals surface area contributed by atoms with Crippen molar-refractivity contribution in [2.75, 3.05) is 6.54 Å². The molecule has 0 aliphatic heterocycles. The standard InChI is InChI=1S/C17H26N2O4S/c1-13(2)23-15-8-10-16(11-9-15)24(21,22)18-12-17(20)19-14-6-4-3-5-7-14/h8-11,13-14,18H,3-7,12H2,1-2H3,(H,19,20). The Kier molecular flexibility index (Phi) is 6.62. The van der Waals surface area contributed by atoms with Crippen molar-refractivity contribution in [3.05, 3.63) is 24.3 Å². The first-order chi connectivity index (χ1) is 11.4. The lowest BCUT2D eigenvalue weighted by atomic mass is 9.95. The van der Waals surface area contributed by atoms with Crippen LogP contribution in [0.2, 0.25) is 0 Å². The predicted octanol–water partition coefficient (Wildman–Crippen LogP) is 2.20. The molecule has 0 atom stereocenters. The average molecular weight is 354 g/mol. The van der Waals surface area contributed by atoms with Gasteiger partial charge in [-0.05, 0) is 51.0 Å². The molecule has 2 N–H and O–H groups in total. The zero-order valence-electron chi connectivity index (χ0n) is 14.2. The fourth-order valence-corrected chi connectivity index (χ4v) is 3.72. The maximum atomic E-state index is 12.2. The van der Waals surface area contributed by atoms with Gasteiger partial charge >= 0.3 is 0 Å². The molecule has 0 aromatic heterocycles. The quantitative estimate of drug-likeness (QED) is 0.786. The van der Waals surface area contributed by atoms with E-state index >= 15 is 0 Å². The van der Waals surface area contributed by atoms with Crippen LogP contribution in [0.15, 0.2) is 29.2 Å². The molecule has 6 nitrogen and oxygen atoms in total. The lowest BCUT2D eigenvalue weighted by Crippen LogP contribution is -2.42. The monoisotopic (exact) mass is 354 g/mol. The van der Waals surface area contributed by atoms with Crippen molar-refractivity contribution in [1.82, 2.24) is 10.0 Å². The van der Waals surface area contributed by atoms with Crippen LogP contribution in [0, 0.1) is 0 Å². The Morgan fingerprint density at radius 3 is 2.38 bits per heavy atom. The van der Waals surface area contributed by atoms with Crippen molar-refractivity contribution < 1.29 is 17.9 Å². The Bertz CT molecular complexity index is 635. The summed E-state index contributed by atoms with van der Waals surface area (Å²) in [6, 6.07) is 6.33. The van der Waals surface area contributed by atoms with Gasteiger partial charge < -0.3 is 10.1 Å². The molecule has 0 spiro atoms. The molecule has 1 aliphatic carbocycles. The highest BCUT2D eigenvalue weighted by atomic mass is 32.2. The third-order valence-corrected chi connectivity index (χ3v) is 5.32. The van der Waals surface area contributed by atoms with Crippen LogP contribution in [0.1, 0.15) is 46.0 Å². The van der Waals surface area contributed by atoms with Crippen LogP contribution in [0.5, 0.6) is 5.75 Å². The Labute approximate surface area is 144 Å². The highest BCUT2D eigenvalue weighted by Crippen LogP contribution is 2.18. The van der Waals surface area contributed by atoms with Crippen molar-refractivity contribution in [3.8, 4) is 5.75 Å². The number of sulfonamides is 1. The minimum atomic E-state index is -3.71. The highest BCUT2D eigenvalue weighted by Gasteiger charge is 2.19. The van der Waals surface area contributed by atoms with Gasteiger partial charge in [0.25, 0.3) is 0 Å². The molecule has 134 valence electrons. The fraction of sp³-hybridized carbons (Fsp3) is 0.588. The molecule has 0 unspecified atom stereocenters. The van der Waals surface area contributed by atoms with E-state index in [9.17, 15) is 13.2 Å². The summed E-state index contributed by atoms with van der Waals surface area (Å²) in [5.41, 5.74) is 0. The molecular weight excluding hydrogens is 328 g/mol. The molecule has 1 aromatic rings. The molecule has 1 aromatic carbocycles. The summed E-state index contributed by atoms with van der Waals surface area (Å²) < 4.78 is 32.3. The Hall–Kier alpha value is -1.60. The Morgan fingerprint density at radius 1 is 1.17 bits per heavy atom. The summed E-state index contributed by atoms with van der Waals surface area (Å²) in [7, 11) is -3.71. The summed E-state index contributed by atoms with van der Waals surface area (Å²) >= 11 is 0. The lowest BCUT2D eigenvalue weighted by molar-refractivity contribution is -0.120. The van der Waals surface area contributed by atoms with Gasteiger partial charge in [-0.3, -0.25) is 4.79 Å². The smallest absolute Gasteiger partial charge is 0.241 e. The zero-order valence-corrected chi connectivity index (χ0v) is 15.1. The molecule has 0 radical (unpaired) electrons. The molecule has 0 saturated heterocycles. The van der Waals surface area contributed by atoms with Crippen LogP contribution in [-0.4, -0.2) is 33.0 Å². The van der Waals surface area contributed by atoms with Crippen molar-refractivity contribution in [3.63, 3.8) is 0 Å². The number of benzene rings is 1. The molecule has 1 amide bonds. The van der Waals surface area contributed by atoms with Gasteiger partial charge in [0.15, 0.2) is 0 Å². The zero-order chi connectivity index (χ0) is 17.6. The van der Waals surface area contributed by atoms with E-state index in [1.807, 2.05) is 13.8 Å². The first kappa shape index (κ1) is 18.7.